The Hall–Kier alpha value is -0.330. The molecular weight excluding hydrogens is 221 g/mol. The van der Waals surface area contributed by atoms with Gasteiger partial charge in [-0.05, 0) is 26.2 Å². The molecule has 0 saturated heterocycles. The number of hydrogen-bond donors (Lipinski definition) is 2. The monoisotopic (exact) mass is 240 g/mol. The smallest absolute Gasteiger partial charge is 0.394 e. The first-order chi connectivity index (χ1) is 7.23. The van der Waals surface area contributed by atoms with Gasteiger partial charge in [0.05, 0.1) is 13.2 Å². The third-order valence-electron chi connectivity index (χ3n) is 2.78. The summed E-state index contributed by atoms with van der Waals surface area (Å²) < 4.78 is 36.8. The largest absolute Gasteiger partial charge is 0.401 e. The highest BCUT2D eigenvalue weighted by molar-refractivity contribution is 4.88. The van der Waals surface area contributed by atoms with Gasteiger partial charge in [-0.3, -0.25) is 4.90 Å². The Morgan fingerprint density at radius 2 is 1.94 bits per heavy atom. The number of nitrogens with two attached hydrogens (primary N) is 1. The molecule has 3 N–H and O–H groups in total. The zero-order chi connectivity index (χ0) is 12.4. The molecule has 96 valence electrons. The maximum Gasteiger partial charge on any atom is 0.401 e. The summed E-state index contributed by atoms with van der Waals surface area (Å²) in [6.45, 7) is 0.847. The van der Waals surface area contributed by atoms with Gasteiger partial charge in [0.2, 0.25) is 0 Å². The van der Waals surface area contributed by atoms with E-state index in [4.69, 9.17) is 10.8 Å². The summed E-state index contributed by atoms with van der Waals surface area (Å²) in [6.07, 6.45) is -2.13. The fourth-order valence-corrected chi connectivity index (χ4v) is 1.54. The second-order valence-corrected chi connectivity index (χ2v) is 4.88. The highest BCUT2D eigenvalue weighted by Crippen LogP contribution is 2.30. The van der Waals surface area contributed by atoms with Crippen LogP contribution in [0.2, 0.25) is 0 Å². The average Bonchev–Trinajstić information content (AvgIpc) is 2.93. The number of aliphatic hydroxyl groups is 1. The Morgan fingerprint density at radius 3 is 2.31 bits per heavy atom. The quantitative estimate of drug-likeness (QED) is 0.731. The van der Waals surface area contributed by atoms with Gasteiger partial charge in [0.15, 0.2) is 0 Å². The Balaban J connectivity index is 2.40. The molecule has 3 nitrogen and oxygen atoms in total. The van der Waals surface area contributed by atoms with Crippen LogP contribution >= 0.6 is 0 Å². The van der Waals surface area contributed by atoms with Gasteiger partial charge in [-0.15, -0.1) is 0 Å². The van der Waals surface area contributed by atoms with Crippen LogP contribution in [0.15, 0.2) is 0 Å². The summed E-state index contributed by atoms with van der Waals surface area (Å²) in [5.41, 5.74) is 4.90. The van der Waals surface area contributed by atoms with Crippen LogP contribution in [0.4, 0.5) is 13.2 Å². The number of rotatable bonds is 6. The van der Waals surface area contributed by atoms with Crippen molar-refractivity contribution < 1.29 is 18.3 Å². The molecule has 1 rings (SSSR count). The van der Waals surface area contributed by atoms with Crippen LogP contribution in [0.25, 0.3) is 0 Å². The normalized spacial score (nSPS) is 21.2. The second-order valence-electron chi connectivity index (χ2n) is 4.88. The molecule has 0 aromatic rings. The molecular formula is C10H19F3N2O. The molecule has 16 heavy (non-hydrogen) atoms. The van der Waals surface area contributed by atoms with Gasteiger partial charge in [-0.25, -0.2) is 0 Å². The predicted molar refractivity (Wildman–Crippen MR) is 54.9 cm³/mol. The van der Waals surface area contributed by atoms with Gasteiger partial charge in [-0.1, -0.05) is 0 Å². The molecule has 0 heterocycles. The van der Waals surface area contributed by atoms with Crippen molar-refractivity contribution >= 4 is 0 Å². The van der Waals surface area contributed by atoms with Crippen LogP contribution in [0.1, 0.15) is 26.2 Å². The van der Waals surface area contributed by atoms with E-state index in [2.05, 4.69) is 0 Å². The molecule has 0 aliphatic heterocycles. The summed E-state index contributed by atoms with van der Waals surface area (Å²) >= 11 is 0. The summed E-state index contributed by atoms with van der Waals surface area (Å²) in [7, 11) is 0. The fraction of sp³-hybridized carbons (Fsp3) is 1.00. The molecule has 0 radical (unpaired) electrons. The van der Waals surface area contributed by atoms with Crippen LogP contribution in [-0.2, 0) is 0 Å². The minimum absolute atomic E-state index is 0.0520. The third-order valence-corrected chi connectivity index (χ3v) is 2.78. The van der Waals surface area contributed by atoms with Crippen LogP contribution in [0.3, 0.4) is 0 Å². The summed E-state index contributed by atoms with van der Waals surface area (Å²) in [4.78, 5) is 1.42. The number of hydrogen-bond acceptors (Lipinski definition) is 3. The number of nitrogens with zero attached hydrogens (tertiary/aromatic N) is 1. The lowest BCUT2D eigenvalue weighted by atomic mass is 10.0. The van der Waals surface area contributed by atoms with Gasteiger partial charge in [-0.2, -0.15) is 13.2 Å². The molecule has 0 spiro atoms. The lowest BCUT2D eigenvalue weighted by Crippen LogP contribution is -2.45. The summed E-state index contributed by atoms with van der Waals surface area (Å²) in [5, 5.41) is 8.93. The van der Waals surface area contributed by atoms with E-state index in [1.807, 2.05) is 0 Å². The van der Waals surface area contributed by atoms with E-state index in [0.29, 0.717) is 6.42 Å². The topological polar surface area (TPSA) is 49.5 Å². The van der Waals surface area contributed by atoms with Crippen LogP contribution in [0.5, 0.6) is 0 Å². The Morgan fingerprint density at radius 1 is 1.38 bits per heavy atom. The van der Waals surface area contributed by atoms with Crippen molar-refractivity contribution in [3.63, 3.8) is 0 Å². The van der Waals surface area contributed by atoms with Crippen LogP contribution in [-0.4, -0.2) is 47.5 Å². The molecule has 0 amide bonds. The molecule has 0 aromatic heterocycles. The number of alkyl halides is 3. The molecule has 1 saturated carbocycles. The Labute approximate surface area is 93.4 Å². The maximum absolute atomic E-state index is 12.3. The SMILES string of the molecule is CC(N)(CO)CCN(CC(F)(F)F)C1CC1. The van der Waals surface area contributed by atoms with Crippen molar-refractivity contribution in [3.05, 3.63) is 0 Å². The minimum atomic E-state index is -4.16. The van der Waals surface area contributed by atoms with Crippen molar-refractivity contribution in [1.82, 2.24) is 4.90 Å². The lowest BCUT2D eigenvalue weighted by Gasteiger charge is -2.28. The minimum Gasteiger partial charge on any atom is -0.394 e. The van der Waals surface area contributed by atoms with Gasteiger partial charge in [0.1, 0.15) is 0 Å². The van der Waals surface area contributed by atoms with E-state index in [0.717, 1.165) is 12.8 Å². The average molecular weight is 240 g/mol. The standard InChI is InChI=1S/C10H19F3N2O/c1-9(14,7-16)4-5-15(8-2-3-8)6-10(11,12)13/h8,16H,2-7,14H2,1H3. The van der Waals surface area contributed by atoms with Crippen molar-refractivity contribution in [2.75, 3.05) is 19.7 Å². The molecule has 6 heteroatoms. The number of halogens is 3. The van der Waals surface area contributed by atoms with Gasteiger partial charge >= 0.3 is 6.18 Å². The highest BCUT2D eigenvalue weighted by Gasteiger charge is 2.38. The zero-order valence-electron chi connectivity index (χ0n) is 9.43. The van der Waals surface area contributed by atoms with Crippen molar-refractivity contribution in [3.8, 4) is 0 Å². The summed E-state index contributed by atoms with van der Waals surface area (Å²) in [5.74, 6) is 0. The molecule has 0 bridgehead atoms. The van der Waals surface area contributed by atoms with Crippen molar-refractivity contribution in [2.45, 2.75) is 43.9 Å². The first-order valence-electron chi connectivity index (χ1n) is 5.44. The molecule has 1 aliphatic carbocycles. The van der Waals surface area contributed by atoms with E-state index >= 15 is 0 Å². The zero-order valence-corrected chi connectivity index (χ0v) is 9.43. The molecule has 0 aromatic carbocycles. The van der Waals surface area contributed by atoms with Crippen molar-refractivity contribution in [1.29, 1.82) is 0 Å². The van der Waals surface area contributed by atoms with Crippen molar-refractivity contribution in [2.24, 2.45) is 5.73 Å². The van der Waals surface area contributed by atoms with Gasteiger partial charge in [0.25, 0.3) is 0 Å². The Bertz CT molecular complexity index is 227. The number of aliphatic hydroxyl groups excluding tert-OH is 1. The Kier molecular flexibility index (Phi) is 4.20. The molecule has 1 unspecified atom stereocenters. The van der Waals surface area contributed by atoms with E-state index in [-0.39, 0.29) is 19.2 Å². The van der Waals surface area contributed by atoms with Gasteiger partial charge in [0, 0.05) is 18.1 Å². The highest BCUT2D eigenvalue weighted by atomic mass is 19.4. The molecule has 1 fully saturated rings. The maximum atomic E-state index is 12.3. The summed E-state index contributed by atoms with van der Waals surface area (Å²) in [6, 6.07) is 0.0520. The van der Waals surface area contributed by atoms with E-state index in [1.54, 1.807) is 6.92 Å². The second kappa shape index (κ2) is 4.89. The van der Waals surface area contributed by atoms with Crippen LogP contribution < -0.4 is 5.73 Å². The van der Waals surface area contributed by atoms with E-state index < -0.39 is 18.3 Å². The van der Waals surface area contributed by atoms with Gasteiger partial charge < -0.3 is 10.8 Å². The van der Waals surface area contributed by atoms with Crippen LogP contribution in [0, 0.1) is 0 Å². The fourth-order valence-electron chi connectivity index (χ4n) is 1.54. The molecule has 1 atom stereocenters. The third kappa shape index (κ3) is 5.14. The first-order valence-corrected chi connectivity index (χ1v) is 5.44. The lowest BCUT2D eigenvalue weighted by molar-refractivity contribution is -0.147. The van der Waals surface area contributed by atoms with E-state index in [1.165, 1.54) is 4.90 Å². The predicted octanol–water partition coefficient (Wildman–Crippen LogP) is 1.11. The first kappa shape index (κ1) is 13.7. The molecule has 1 aliphatic rings. The van der Waals surface area contributed by atoms with E-state index in [9.17, 15) is 13.2 Å².